The number of halogens is 5. The minimum Gasteiger partial charge on any atom is -0.415 e. The summed E-state index contributed by atoms with van der Waals surface area (Å²) in [6.45, 7) is -3.03. The summed E-state index contributed by atoms with van der Waals surface area (Å²) in [5.74, 6) is -3.87. The van der Waals surface area contributed by atoms with Gasteiger partial charge in [0.15, 0.2) is 0 Å². The smallest absolute Gasteiger partial charge is 0.388 e. The Balaban J connectivity index is 1.24. The maximum absolute atomic E-state index is 13.5. The lowest BCUT2D eigenvalue weighted by molar-refractivity contribution is -0.147. The Labute approximate surface area is 240 Å². The van der Waals surface area contributed by atoms with Crippen molar-refractivity contribution < 1.29 is 36.3 Å². The fourth-order valence-corrected chi connectivity index (χ4v) is 7.14. The van der Waals surface area contributed by atoms with Crippen molar-refractivity contribution in [2.24, 2.45) is 13.0 Å². The van der Waals surface area contributed by atoms with Crippen LogP contribution in [-0.2, 0) is 31.1 Å². The molecule has 3 heterocycles. The number of anilines is 2. The maximum atomic E-state index is 13.5. The van der Waals surface area contributed by atoms with E-state index in [1.807, 2.05) is 0 Å². The number of aryl methyl sites for hydroxylation is 2. The first-order valence-corrected chi connectivity index (χ1v) is 14.4. The van der Waals surface area contributed by atoms with Crippen molar-refractivity contribution in [2.75, 3.05) is 5.32 Å². The number of fused-ring (bicyclic) bond motifs is 1. The first kappa shape index (κ1) is 28.6. The number of aromatic nitrogens is 5. The average Bonchev–Trinajstić information content (AvgIpc) is 3.57. The molecule has 3 aromatic rings. The molecule has 0 unspecified atom stereocenters. The molecule has 2 fully saturated rings. The van der Waals surface area contributed by atoms with Gasteiger partial charge in [0.05, 0.1) is 5.56 Å². The van der Waals surface area contributed by atoms with Crippen LogP contribution in [0.25, 0.3) is 0 Å². The van der Waals surface area contributed by atoms with Gasteiger partial charge in [-0.25, -0.2) is 17.9 Å². The molecule has 1 amide bonds. The van der Waals surface area contributed by atoms with Gasteiger partial charge in [-0.2, -0.15) is 8.78 Å². The molecular formula is C26H28F5N7O3S. The van der Waals surface area contributed by atoms with Crippen LogP contribution in [0, 0.1) is 5.92 Å². The van der Waals surface area contributed by atoms with Crippen molar-refractivity contribution in [1.29, 1.82) is 0 Å². The molecule has 10 nitrogen and oxygen atoms in total. The number of hydrogen-bond acceptors (Lipinski definition) is 8. The van der Waals surface area contributed by atoms with Gasteiger partial charge in [0.2, 0.25) is 17.8 Å². The predicted octanol–water partition coefficient (Wildman–Crippen LogP) is 4.54. The fourth-order valence-electron chi connectivity index (χ4n) is 5.78. The Kier molecular flexibility index (Phi) is 7.43. The number of nitrogens with zero attached hydrogens (tertiary/aromatic N) is 5. The maximum Gasteiger partial charge on any atom is 0.388 e. The van der Waals surface area contributed by atoms with Gasteiger partial charge in [0.1, 0.15) is 24.1 Å². The van der Waals surface area contributed by atoms with Crippen LogP contribution in [0.3, 0.4) is 0 Å². The number of Topliss-reactive ketones (excluding diaryl/α,β-unsaturated/α-hetero) is 1. The summed E-state index contributed by atoms with van der Waals surface area (Å²) in [5.41, 5.74) is 1.13. The molecule has 16 heteroatoms. The van der Waals surface area contributed by atoms with Crippen LogP contribution in [-0.4, -0.2) is 61.0 Å². The minimum absolute atomic E-state index is 0.106. The number of rotatable bonds is 10. The Morgan fingerprint density at radius 2 is 2.02 bits per heavy atom. The van der Waals surface area contributed by atoms with E-state index in [-0.39, 0.29) is 43.0 Å². The van der Waals surface area contributed by atoms with Crippen molar-refractivity contribution in [3.63, 3.8) is 0 Å². The molecule has 0 aliphatic heterocycles. The molecule has 42 heavy (non-hydrogen) atoms. The topological polar surface area (TPSA) is 116 Å². The zero-order valence-corrected chi connectivity index (χ0v) is 23.3. The molecule has 0 radical (unpaired) electrons. The van der Waals surface area contributed by atoms with Gasteiger partial charge in [0.25, 0.3) is 5.91 Å². The number of alkyl halides is 5. The molecule has 2 saturated carbocycles. The summed E-state index contributed by atoms with van der Waals surface area (Å²) in [5, 5.41) is 17.9. The number of thiophene rings is 1. The third-order valence-electron chi connectivity index (χ3n) is 8.10. The molecular weight excluding hydrogens is 585 g/mol. The predicted molar refractivity (Wildman–Crippen MR) is 140 cm³/mol. The monoisotopic (exact) mass is 613 g/mol. The van der Waals surface area contributed by atoms with Gasteiger partial charge in [-0.3, -0.25) is 14.2 Å². The highest BCUT2D eigenvalue weighted by molar-refractivity contribution is 7.12. The zero-order valence-electron chi connectivity index (χ0n) is 22.5. The minimum atomic E-state index is -3.03. The first-order valence-electron chi connectivity index (χ1n) is 13.6. The van der Waals surface area contributed by atoms with E-state index >= 15 is 0 Å². The molecule has 0 bridgehead atoms. The molecule has 3 aliphatic rings. The van der Waals surface area contributed by atoms with E-state index in [1.54, 1.807) is 11.6 Å². The van der Waals surface area contributed by atoms with Crippen LogP contribution >= 0.6 is 11.3 Å². The Bertz CT molecular complexity index is 1490. The quantitative estimate of drug-likeness (QED) is 0.323. The molecule has 3 aliphatic carbocycles. The van der Waals surface area contributed by atoms with Crippen LogP contribution < -0.4 is 15.4 Å². The number of ether oxygens (including phenoxy) is 1. The fraction of sp³-hybridized carbons (Fsp3) is 0.577. The third-order valence-corrected chi connectivity index (χ3v) is 9.40. The average molecular weight is 614 g/mol. The molecule has 1 atom stereocenters. The second-order valence-corrected chi connectivity index (χ2v) is 12.3. The lowest BCUT2D eigenvalue weighted by atomic mass is 9.77. The lowest BCUT2D eigenvalue weighted by Crippen LogP contribution is -2.45. The molecule has 6 rings (SSSR count). The Morgan fingerprint density at radius 1 is 1.26 bits per heavy atom. The lowest BCUT2D eigenvalue weighted by Gasteiger charge is -2.33. The standard InChI is InChI=1S/C26H28F5N7O3S/c1-37-20(8-21(36-37)41-24(28)29)34-25-35-32-11-38(25)15-2-3-18-16(6-15)22(23(40)33-14-4-13(27)5-14)19(42-18)7-17(39)12-9-26(30,31)10-12/h8,11-15,24H,2-7,9-10H2,1H3,(H,33,40)(H,34,35)/t13?,14?,15-/m0/s1. The van der Waals surface area contributed by atoms with Gasteiger partial charge in [0, 0.05) is 60.1 Å². The number of ketones is 1. The Hall–Kier alpha value is -3.56. The molecule has 0 aromatic carbocycles. The molecule has 3 aromatic heterocycles. The second-order valence-electron chi connectivity index (χ2n) is 11.1. The van der Waals surface area contributed by atoms with Gasteiger partial charge < -0.3 is 15.4 Å². The number of hydrogen-bond donors (Lipinski definition) is 2. The summed E-state index contributed by atoms with van der Waals surface area (Å²) in [6, 6.07) is 0.798. The summed E-state index contributed by atoms with van der Waals surface area (Å²) in [6.07, 6.45) is 1.59. The third kappa shape index (κ3) is 5.72. The zero-order chi connectivity index (χ0) is 29.8. The molecule has 226 valence electrons. The number of amides is 1. The van der Waals surface area contributed by atoms with E-state index < -0.39 is 43.4 Å². The summed E-state index contributed by atoms with van der Waals surface area (Å²) >= 11 is 1.35. The largest absolute Gasteiger partial charge is 0.415 e. The van der Waals surface area contributed by atoms with Crippen molar-refractivity contribution in [1.82, 2.24) is 29.9 Å². The van der Waals surface area contributed by atoms with Gasteiger partial charge in [-0.15, -0.1) is 26.6 Å². The van der Waals surface area contributed by atoms with Crippen LogP contribution in [0.2, 0.25) is 0 Å². The summed E-state index contributed by atoms with van der Waals surface area (Å²) < 4.78 is 73.0. The van der Waals surface area contributed by atoms with Crippen LogP contribution in [0.15, 0.2) is 12.4 Å². The van der Waals surface area contributed by atoms with E-state index in [2.05, 4.69) is 30.7 Å². The number of carbonyl (C=O) groups excluding carboxylic acids is 2. The first-order chi connectivity index (χ1) is 20.0. The Morgan fingerprint density at radius 3 is 2.71 bits per heavy atom. The SMILES string of the molecule is Cn1nc(OC(F)F)cc1Nc1nncn1[C@H]1CCc2sc(CC(=O)C3CC(F)(F)C3)c(C(=O)NC3CC(F)C3)c2C1. The van der Waals surface area contributed by atoms with Gasteiger partial charge >= 0.3 is 6.61 Å². The van der Waals surface area contributed by atoms with Crippen molar-refractivity contribution in [3.05, 3.63) is 33.3 Å². The van der Waals surface area contributed by atoms with E-state index in [0.717, 1.165) is 10.4 Å². The van der Waals surface area contributed by atoms with Crippen molar-refractivity contribution in [3.8, 4) is 5.88 Å². The molecule has 0 saturated heterocycles. The number of carbonyl (C=O) groups is 2. The highest BCUT2D eigenvalue weighted by atomic mass is 32.1. The summed E-state index contributed by atoms with van der Waals surface area (Å²) in [7, 11) is 1.55. The molecule has 2 N–H and O–H groups in total. The van der Waals surface area contributed by atoms with E-state index in [1.165, 1.54) is 28.4 Å². The van der Waals surface area contributed by atoms with Gasteiger partial charge in [-0.1, -0.05) is 0 Å². The summed E-state index contributed by atoms with van der Waals surface area (Å²) in [4.78, 5) is 27.8. The highest BCUT2D eigenvalue weighted by Gasteiger charge is 2.48. The number of nitrogens with one attached hydrogen (secondary N) is 2. The van der Waals surface area contributed by atoms with Crippen LogP contribution in [0.1, 0.15) is 63.8 Å². The highest BCUT2D eigenvalue weighted by Crippen LogP contribution is 2.45. The van der Waals surface area contributed by atoms with Crippen molar-refractivity contribution in [2.45, 2.75) is 82.2 Å². The molecule has 0 spiro atoms. The van der Waals surface area contributed by atoms with Crippen LogP contribution in [0.5, 0.6) is 5.88 Å². The normalized spacial score (nSPS) is 23.2. The van der Waals surface area contributed by atoms with Gasteiger partial charge in [-0.05, 0) is 37.7 Å². The van der Waals surface area contributed by atoms with Crippen molar-refractivity contribution >= 4 is 34.8 Å². The second kappa shape index (κ2) is 10.9. The van der Waals surface area contributed by atoms with E-state index in [0.29, 0.717) is 41.5 Å². The van der Waals surface area contributed by atoms with E-state index in [4.69, 9.17) is 0 Å². The van der Waals surface area contributed by atoms with E-state index in [9.17, 15) is 31.5 Å². The van der Waals surface area contributed by atoms with Crippen LogP contribution in [0.4, 0.5) is 33.7 Å².